The van der Waals surface area contributed by atoms with Crippen LogP contribution in [0.5, 0.6) is 0 Å². The van der Waals surface area contributed by atoms with Crippen LogP contribution in [0.15, 0.2) is 0 Å². The van der Waals surface area contributed by atoms with Gasteiger partial charge in [0.2, 0.25) is 0 Å². The van der Waals surface area contributed by atoms with E-state index in [0.29, 0.717) is 68.5 Å². The van der Waals surface area contributed by atoms with Gasteiger partial charge in [-0.15, -0.1) is 0 Å². The van der Waals surface area contributed by atoms with Crippen LogP contribution in [-0.4, -0.2) is 97.2 Å². The molecule has 0 N–H and O–H groups in total. The molecule has 0 aromatic heterocycles. The number of rotatable bonds is 21. The predicted molar refractivity (Wildman–Crippen MR) is 204 cm³/mol. The normalized spacial score (nSPS) is 11.9. The fourth-order valence-corrected chi connectivity index (χ4v) is 4.23. The summed E-state index contributed by atoms with van der Waals surface area (Å²) in [4.78, 5) is 43.5. The monoisotopic (exact) mass is 837 g/mol. The van der Waals surface area contributed by atoms with Gasteiger partial charge in [0.05, 0.1) is 6.42 Å². The van der Waals surface area contributed by atoms with Crippen molar-refractivity contribution in [3.63, 3.8) is 0 Å². The molecule has 1 aliphatic rings. The van der Waals surface area contributed by atoms with Gasteiger partial charge >= 0.3 is 23.9 Å². The molecule has 0 aliphatic heterocycles. The Labute approximate surface area is 320 Å². The maximum Gasteiger partial charge on any atom is 0.306 e. The molecular weight excluding hydrogens is 774 g/mol. The van der Waals surface area contributed by atoms with Crippen LogP contribution >= 0.6 is 50.5 Å². The number of hydrogen-bond donors (Lipinski definition) is 4. The molecule has 1 aliphatic carbocycles. The summed E-state index contributed by atoms with van der Waals surface area (Å²) in [5.41, 5.74) is 0. The third-order valence-corrected chi connectivity index (χ3v) is 6.95. The number of hydrogen-bond acceptors (Lipinski definition) is 12. The van der Waals surface area contributed by atoms with E-state index >= 15 is 0 Å². The molecule has 3 radical (unpaired) electrons. The third-order valence-electron chi connectivity index (χ3n) is 6.18. The molecule has 46 heavy (non-hydrogen) atoms. The summed E-state index contributed by atoms with van der Waals surface area (Å²) < 4.78 is 19.7. The van der Waals surface area contributed by atoms with Gasteiger partial charge in [0.25, 0.3) is 0 Å². The van der Waals surface area contributed by atoms with Gasteiger partial charge in [-0.2, -0.15) is 50.5 Å². The van der Waals surface area contributed by atoms with Crippen LogP contribution in [0.3, 0.4) is 0 Å². The van der Waals surface area contributed by atoms with Gasteiger partial charge in [-0.25, -0.2) is 0 Å². The van der Waals surface area contributed by atoms with E-state index in [2.05, 4.69) is 71.3 Å². The number of carbonyl (C=O) groups is 4. The van der Waals surface area contributed by atoms with Gasteiger partial charge in [-0.3, -0.25) is 19.2 Å². The fourth-order valence-electron chi connectivity index (χ4n) is 3.77. The minimum atomic E-state index is -0.0903. The van der Waals surface area contributed by atoms with Crippen molar-refractivity contribution in [3.8, 4) is 0 Å². The molecular formula is C33H64O8S4Sb. The van der Waals surface area contributed by atoms with E-state index in [1.807, 2.05) is 0 Å². The van der Waals surface area contributed by atoms with E-state index in [1.54, 1.807) is 0 Å². The minimum Gasteiger partial charge on any atom is -0.465 e. The predicted octanol–water partition coefficient (Wildman–Crippen LogP) is 7.92. The van der Waals surface area contributed by atoms with E-state index in [1.165, 1.54) is 19.3 Å². The molecule has 0 atom stereocenters. The summed E-state index contributed by atoms with van der Waals surface area (Å²) in [6.45, 7) is 7.65. The molecule has 0 aromatic carbocycles. The van der Waals surface area contributed by atoms with Crippen LogP contribution in [-0.2, 0) is 38.1 Å². The molecule has 13 heteroatoms. The molecule has 1 rings (SSSR count). The van der Waals surface area contributed by atoms with Crippen molar-refractivity contribution in [2.75, 3.05) is 42.8 Å². The number of carbonyl (C=O) groups excluding carboxylic acids is 4. The first kappa shape index (κ1) is 52.9. The summed E-state index contributed by atoms with van der Waals surface area (Å²) in [5.74, 6) is 2.06. The van der Waals surface area contributed by atoms with Crippen LogP contribution in [0.2, 0.25) is 0 Å². The Hall–Kier alpha value is 0.0982. The van der Waals surface area contributed by atoms with E-state index in [0.717, 1.165) is 70.6 Å². The second kappa shape index (κ2) is 45.1. The molecule has 0 amide bonds. The molecule has 273 valence electrons. The Balaban J connectivity index is -0.000000254. The van der Waals surface area contributed by atoms with Crippen LogP contribution in [0.4, 0.5) is 0 Å². The van der Waals surface area contributed by atoms with Crippen molar-refractivity contribution < 1.29 is 38.1 Å². The third kappa shape index (κ3) is 46.2. The second-order valence-corrected chi connectivity index (χ2v) is 12.2. The molecule has 8 nitrogen and oxygen atoms in total. The van der Waals surface area contributed by atoms with Crippen molar-refractivity contribution in [1.82, 2.24) is 0 Å². The average Bonchev–Trinajstić information content (AvgIpc) is 3.03. The first-order chi connectivity index (χ1) is 21.7. The molecule has 0 aromatic rings. The number of unbranched alkanes of at least 4 members (excludes halogenated alkanes) is 6. The van der Waals surface area contributed by atoms with Crippen molar-refractivity contribution in [1.29, 1.82) is 0 Å². The van der Waals surface area contributed by atoms with Crippen LogP contribution in [0, 0.1) is 0 Å². The molecule has 0 unspecified atom stereocenters. The quantitative estimate of drug-likeness (QED) is 0.0304. The van der Waals surface area contributed by atoms with E-state index in [4.69, 9.17) is 18.9 Å². The summed E-state index contributed by atoms with van der Waals surface area (Å²) in [5, 5.41) is 0. The van der Waals surface area contributed by atoms with E-state index in [9.17, 15) is 19.2 Å². The van der Waals surface area contributed by atoms with Gasteiger partial charge in [-0.1, -0.05) is 65.7 Å². The van der Waals surface area contributed by atoms with Gasteiger partial charge < -0.3 is 18.9 Å². The van der Waals surface area contributed by atoms with Crippen molar-refractivity contribution in [2.45, 2.75) is 142 Å². The summed E-state index contributed by atoms with van der Waals surface area (Å²) >= 11 is 15.8. The SMILES string of the molecule is CCCCCC(=O)OCCS.CCCCCC(=O)OCCS.CCCCCC(=O)OCCS.O=C(CCS)OC1CCCCC1.[Sb]. The van der Waals surface area contributed by atoms with Crippen molar-refractivity contribution in [2.24, 2.45) is 0 Å². The zero-order chi connectivity index (χ0) is 34.4. The van der Waals surface area contributed by atoms with Crippen LogP contribution in [0.25, 0.3) is 0 Å². The zero-order valence-corrected chi connectivity index (χ0v) is 34.9. The Kier molecular flexibility index (Phi) is 51.9. The Morgan fingerprint density at radius 2 is 0.848 bits per heavy atom. The summed E-state index contributed by atoms with van der Waals surface area (Å²) in [6, 6.07) is 0. The van der Waals surface area contributed by atoms with Gasteiger partial charge in [0.1, 0.15) is 25.9 Å². The summed E-state index contributed by atoms with van der Waals surface area (Å²) in [6.07, 6.45) is 17.7. The molecule has 0 spiro atoms. The maximum absolute atomic E-state index is 11.0. The Morgan fingerprint density at radius 3 is 1.13 bits per heavy atom. The molecule has 1 saturated carbocycles. The zero-order valence-electron chi connectivity index (χ0n) is 28.8. The van der Waals surface area contributed by atoms with E-state index in [-0.39, 0.29) is 54.4 Å². The standard InChI is InChI=1S/C9H16O2S.3C8H16O2S.Sb/c10-9(6-7-12)11-8-4-2-1-3-5-8;3*1-2-3-4-5-8(9)10-6-7-11;/h8,12H,1-7H2;3*11H,2-7H2,1H3;. The van der Waals surface area contributed by atoms with Crippen molar-refractivity contribution >= 4 is 98.8 Å². The van der Waals surface area contributed by atoms with Gasteiger partial charge in [0.15, 0.2) is 0 Å². The Bertz CT molecular complexity index is 622. The first-order valence-corrected chi connectivity index (χ1v) is 19.4. The Morgan fingerprint density at radius 1 is 0.500 bits per heavy atom. The van der Waals surface area contributed by atoms with Crippen molar-refractivity contribution in [3.05, 3.63) is 0 Å². The maximum atomic E-state index is 11.0. The number of thiol groups is 4. The fraction of sp³-hybridized carbons (Fsp3) is 0.879. The first-order valence-electron chi connectivity index (χ1n) is 16.9. The number of ether oxygens (including phenoxy) is 4. The minimum absolute atomic E-state index is 0. The average molecular weight is 839 g/mol. The molecule has 0 saturated heterocycles. The van der Waals surface area contributed by atoms with E-state index < -0.39 is 0 Å². The second-order valence-electron chi connectivity index (χ2n) is 10.4. The molecule has 1 fully saturated rings. The van der Waals surface area contributed by atoms with Crippen LogP contribution in [0.1, 0.15) is 136 Å². The number of esters is 4. The van der Waals surface area contributed by atoms with Gasteiger partial charge in [-0.05, 0) is 44.9 Å². The van der Waals surface area contributed by atoms with Crippen LogP contribution < -0.4 is 0 Å². The molecule has 0 bridgehead atoms. The smallest absolute Gasteiger partial charge is 0.306 e. The largest absolute Gasteiger partial charge is 0.465 e. The molecule has 0 heterocycles. The summed E-state index contributed by atoms with van der Waals surface area (Å²) in [7, 11) is 0. The van der Waals surface area contributed by atoms with Gasteiger partial charge in [0, 0.05) is 66.7 Å². The topological polar surface area (TPSA) is 105 Å².